The molecule has 0 amide bonds. The molecule has 2 aromatic carbocycles. The molecule has 1 N–H and O–H groups in total. The van der Waals surface area contributed by atoms with E-state index < -0.39 is 16.0 Å². The summed E-state index contributed by atoms with van der Waals surface area (Å²) in [6.45, 7) is 2.36. The molecule has 0 saturated heterocycles. The first-order chi connectivity index (χ1) is 12.4. The number of aromatic nitrogens is 1. The lowest BCUT2D eigenvalue weighted by atomic mass is 10.2. The van der Waals surface area contributed by atoms with Crippen molar-refractivity contribution in [3.05, 3.63) is 57.7 Å². The van der Waals surface area contributed by atoms with E-state index in [0.717, 1.165) is 11.3 Å². The molecule has 1 heterocycles. The molecule has 136 valence electrons. The molecule has 0 bridgehead atoms. The average Bonchev–Trinajstić information content (AvgIpc) is 2.95. The zero-order valence-electron chi connectivity index (χ0n) is 14.1. The van der Waals surface area contributed by atoms with Crippen LogP contribution in [0.2, 0.25) is 0 Å². The standard InChI is InChI=1S/C17H16N2O5S2/c1-3-19-14-9-8-11(10-15(14)25-17(19)21)26(22,23)18-13-7-5-4-6-12(13)16(20)24-2/h4-10,18H,3H2,1-2H3. The number of carbonyl (C=O) groups excluding carboxylic acids is 1. The third-order valence-corrected chi connectivity index (χ3v) is 6.15. The maximum Gasteiger partial charge on any atom is 0.339 e. The van der Waals surface area contributed by atoms with Crippen molar-refractivity contribution in [2.75, 3.05) is 11.8 Å². The fourth-order valence-corrected chi connectivity index (χ4v) is 4.75. The molecule has 3 rings (SSSR count). The van der Waals surface area contributed by atoms with Crippen LogP contribution in [-0.4, -0.2) is 26.1 Å². The molecule has 0 spiro atoms. The van der Waals surface area contributed by atoms with Crippen LogP contribution in [-0.2, 0) is 21.3 Å². The topological polar surface area (TPSA) is 94.5 Å². The molecule has 3 aromatic rings. The summed E-state index contributed by atoms with van der Waals surface area (Å²) in [5, 5.41) is 0. The Bertz CT molecular complexity index is 1150. The lowest BCUT2D eigenvalue weighted by Gasteiger charge is -2.11. The third-order valence-electron chi connectivity index (χ3n) is 3.84. The number of hydrogen-bond acceptors (Lipinski definition) is 6. The van der Waals surface area contributed by atoms with E-state index in [1.165, 1.54) is 31.4 Å². The van der Waals surface area contributed by atoms with E-state index in [1.54, 1.807) is 22.8 Å². The number of ether oxygens (including phenoxy) is 1. The number of fused-ring (bicyclic) bond motifs is 1. The van der Waals surface area contributed by atoms with Crippen LogP contribution in [0, 0.1) is 0 Å². The van der Waals surface area contributed by atoms with Gasteiger partial charge in [-0.15, -0.1) is 0 Å². The summed E-state index contributed by atoms with van der Waals surface area (Å²) in [7, 11) is -2.72. The second kappa shape index (κ2) is 6.93. The normalized spacial score (nSPS) is 11.5. The van der Waals surface area contributed by atoms with Crippen LogP contribution in [0.15, 0.2) is 52.2 Å². The van der Waals surface area contributed by atoms with Gasteiger partial charge in [-0.25, -0.2) is 13.2 Å². The lowest BCUT2D eigenvalue weighted by Crippen LogP contribution is -2.16. The summed E-state index contributed by atoms with van der Waals surface area (Å²) in [5.41, 5.74) is 0.927. The summed E-state index contributed by atoms with van der Waals surface area (Å²) in [4.78, 5) is 23.6. The van der Waals surface area contributed by atoms with Gasteiger partial charge in [-0.1, -0.05) is 23.5 Å². The number of nitrogens with one attached hydrogen (secondary N) is 1. The minimum absolute atomic E-state index is 0.00849. The van der Waals surface area contributed by atoms with E-state index in [1.807, 2.05) is 6.92 Å². The van der Waals surface area contributed by atoms with Crippen molar-refractivity contribution in [2.45, 2.75) is 18.4 Å². The molecule has 0 aliphatic heterocycles. The molecular formula is C17H16N2O5S2. The van der Waals surface area contributed by atoms with Gasteiger partial charge in [0.05, 0.1) is 33.5 Å². The molecule has 0 aliphatic rings. The van der Waals surface area contributed by atoms with Gasteiger partial charge < -0.3 is 4.74 Å². The van der Waals surface area contributed by atoms with Crippen molar-refractivity contribution in [2.24, 2.45) is 0 Å². The van der Waals surface area contributed by atoms with Crippen molar-refractivity contribution < 1.29 is 17.9 Å². The largest absolute Gasteiger partial charge is 0.465 e. The maximum absolute atomic E-state index is 12.7. The number of rotatable bonds is 5. The molecule has 9 heteroatoms. The van der Waals surface area contributed by atoms with Crippen LogP contribution >= 0.6 is 11.3 Å². The Labute approximate surface area is 153 Å². The van der Waals surface area contributed by atoms with E-state index >= 15 is 0 Å². The molecule has 0 fully saturated rings. The first-order valence-electron chi connectivity index (χ1n) is 7.71. The predicted molar refractivity (Wildman–Crippen MR) is 100 cm³/mol. The van der Waals surface area contributed by atoms with Gasteiger partial charge in [0.2, 0.25) is 0 Å². The molecule has 1 aromatic heterocycles. The Morgan fingerprint density at radius 3 is 2.65 bits per heavy atom. The fourth-order valence-electron chi connectivity index (χ4n) is 2.58. The average molecular weight is 392 g/mol. The Hall–Kier alpha value is -2.65. The highest BCUT2D eigenvalue weighted by Gasteiger charge is 2.20. The van der Waals surface area contributed by atoms with Gasteiger partial charge in [-0.05, 0) is 37.3 Å². The van der Waals surface area contributed by atoms with Crippen molar-refractivity contribution in [3.8, 4) is 0 Å². The first-order valence-corrected chi connectivity index (χ1v) is 10.0. The van der Waals surface area contributed by atoms with Crippen molar-refractivity contribution in [3.63, 3.8) is 0 Å². The highest BCUT2D eigenvalue weighted by molar-refractivity contribution is 7.92. The number of nitrogens with zero attached hydrogens (tertiary/aromatic N) is 1. The van der Waals surface area contributed by atoms with E-state index in [0.29, 0.717) is 16.8 Å². The van der Waals surface area contributed by atoms with E-state index in [9.17, 15) is 18.0 Å². The molecule has 26 heavy (non-hydrogen) atoms. The Morgan fingerprint density at radius 2 is 1.96 bits per heavy atom. The quantitative estimate of drug-likeness (QED) is 0.674. The van der Waals surface area contributed by atoms with Gasteiger partial charge in [0.1, 0.15) is 0 Å². The monoisotopic (exact) mass is 392 g/mol. The van der Waals surface area contributed by atoms with E-state index in [2.05, 4.69) is 9.46 Å². The molecule has 0 saturated carbocycles. The lowest BCUT2D eigenvalue weighted by molar-refractivity contribution is 0.0602. The van der Waals surface area contributed by atoms with Gasteiger partial charge in [0.25, 0.3) is 10.0 Å². The van der Waals surface area contributed by atoms with Crippen LogP contribution < -0.4 is 9.60 Å². The van der Waals surface area contributed by atoms with Crippen molar-refractivity contribution >= 4 is 43.2 Å². The SMILES string of the molecule is CCn1c(=O)sc2cc(S(=O)(=O)Nc3ccccc3C(=O)OC)ccc21. The number of sulfonamides is 1. The van der Waals surface area contributed by atoms with Crippen LogP contribution in [0.25, 0.3) is 10.2 Å². The highest BCUT2D eigenvalue weighted by Crippen LogP contribution is 2.25. The number of aryl methyl sites for hydroxylation is 1. The van der Waals surface area contributed by atoms with Gasteiger partial charge in [-0.2, -0.15) is 0 Å². The third kappa shape index (κ3) is 3.23. The zero-order chi connectivity index (χ0) is 18.9. The molecular weight excluding hydrogens is 376 g/mol. The molecule has 7 nitrogen and oxygen atoms in total. The summed E-state index contributed by atoms with van der Waals surface area (Å²) in [6.07, 6.45) is 0. The zero-order valence-corrected chi connectivity index (χ0v) is 15.7. The predicted octanol–water partition coefficient (Wildman–Crippen LogP) is 2.67. The summed E-state index contributed by atoms with van der Waals surface area (Å²) >= 11 is 0.993. The van der Waals surface area contributed by atoms with Gasteiger partial charge in [-0.3, -0.25) is 14.1 Å². The van der Waals surface area contributed by atoms with E-state index in [4.69, 9.17) is 0 Å². The maximum atomic E-state index is 12.7. The van der Waals surface area contributed by atoms with Crippen LogP contribution in [0.4, 0.5) is 5.69 Å². The number of hydrogen-bond donors (Lipinski definition) is 1. The Balaban J connectivity index is 2.03. The Kier molecular flexibility index (Phi) is 4.84. The van der Waals surface area contributed by atoms with Crippen LogP contribution in [0.3, 0.4) is 0 Å². The minimum Gasteiger partial charge on any atom is -0.465 e. The molecule has 0 aliphatic carbocycles. The number of thiazole rings is 1. The van der Waals surface area contributed by atoms with Crippen LogP contribution in [0.5, 0.6) is 0 Å². The van der Waals surface area contributed by atoms with Gasteiger partial charge >= 0.3 is 10.8 Å². The summed E-state index contributed by atoms with van der Waals surface area (Å²) < 4.78 is 34.7. The molecule has 0 radical (unpaired) electrons. The second-order valence-corrected chi connectivity index (χ2v) is 8.06. The highest BCUT2D eigenvalue weighted by atomic mass is 32.2. The summed E-state index contributed by atoms with van der Waals surface area (Å²) in [5.74, 6) is -0.642. The van der Waals surface area contributed by atoms with Gasteiger partial charge in [0.15, 0.2) is 0 Å². The number of esters is 1. The minimum atomic E-state index is -3.94. The van der Waals surface area contributed by atoms with E-state index in [-0.39, 0.29) is 21.0 Å². The number of para-hydroxylation sites is 1. The number of benzene rings is 2. The number of carbonyl (C=O) groups is 1. The van der Waals surface area contributed by atoms with Crippen molar-refractivity contribution in [1.29, 1.82) is 0 Å². The first kappa shape index (κ1) is 18.2. The fraction of sp³-hybridized carbons (Fsp3) is 0.176. The number of anilines is 1. The molecule has 0 unspecified atom stereocenters. The van der Waals surface area contributed by atoms with Crippen molar-refractivity contribution in [1.82, 2.24) is 4.57 Å². The smallest absolute Gasteiger partial charge is 0.339 e. The Morgan fingerprint density at radius 1 is 1.23 bits per heavy atom. The summed E-state index contributed by atoms with van der Waals surface area (Å²) in [6, 6.07) is 10.7. The molecule has 0 atom stereocenters. The van der Waals surface area contributed by atoms with Gasteiger partial charge in [0, 0.05) is 6.54 Å². The second-order valence-electron chi connectivity index (χ2n) is 5.38. The number of methoxy groups -OCH3 is 1. The van der Waals surface area contributed by atoms with Crippen LogP contribution in [0.1, 0.15) is 17.3 Å².